The molecule has 1 fully saturated rings. The fourth-order valence-corrected chi connectivity index (χ4v) is 6.28. The third-order valence-corrected chi connectivity index (χ3v) is 7.95. The molecule has 4 heteroatoms. The summed E-state index contributed by atoms with van der Waals surface area (Å²) < 4.78 is 6.01. The fraction of sp³-hybridized carbons (Fsp3) is 0.226. The Labute approximate surface area is 204 Å². The Morgan fingerprint density at radius 3 is 2.46 bits per heavy atom. The molecule has 3 heterocycles. The fourth-order valence-electron chi connectivity index (χ4n) is 6.28. The highest BCUT2D eigenvalue weighted by molar-refractivity contribution is 5.86. The maximum Gasteiger partial charge on any atom is 0.410 e. The Balaban J connectivity index is 1.11. The average molecular weight is 459 g/mol. The van der Waals surface area contributed by atoms with Gasteiger partial charge in [0.15, 0.2) is 0 Å². The van der Waals surface area contributed by atoms with E-state index in [-0.39, 0.29) is 24.1 Å². The van der Waals surface area contributed by atoms with E-state index in [0.29, 0.717) is 6.61 Å². The number of pyridine rings is 1. The lowest BCUT2D eigenvalue weighted by Crippen LogP contribution is -2.43. The number of aromatic nitrogens is 1. The van der Waals surface area contributed by atoms with E-state index >= 15 is 0 Å². The lowest BCUT2D eigenvalue weighted by molar-refractivity contribution is 0.0866. The van der Waals surface area contributed by atoms with E-state index in [4.69, 9.17) is 4.74 Å². The predicted octanol–water partition coefficient (Wildman–Crippen LogP) is 6.80. The number of amides is 1. The quantitative estimate of drug-likeness (QED) is 0.339. The molecule has 1 amide bonds. The van der Waals surface area contributed by atoms with Crippen molar-refractivity contribution in [1.29, 1.82) is 0 Å². The summed E-state index contributed by atoms with van der Waals surface area (Å²) in [5.74, 6) is 0.0898. The van der Waals surface area contributed by atoms with E-state index in [9.17, 15) is 4.79 Å². The van der Waals surface area contributed by atoms with Crippen molar-refractivity contribution in [2.75, 3.05) is 6.61 Å². The molecule has 2 aliphatic heterocycles. The van der Waals surface area contributed by atoms with Crippen LogP contribution < -0.4 is 0 Å². The molecular formula is C31H26N2O2. The maximum atomic E-state index is 13.3. The molecule has 2 atom stereocenters. The summed E-state index contributed by atoms with van der Waals surface area (Å²) in [7, 11) is 0. The standard InChI is InChI=1S/C31H26N2O2/c34-31(35-19-30-28-7-3-1-5-26(28)27-6-2-4-8-29(27)30)33-24-11-12-25(33)17-23(16-24)20-9-10-22-18-32-14-13-21(22)15-20/h1-10,13-16,18,24-25,30H,11-12,17,19H2. The SMILES string of the molecule is O=C(OCC1c2ccccc2-c2ccccc21)N1C2C=C(c3ccc4cnccc4c3)CC1CC2. The first-order valence-electron chi connectivity index (χ1n) is 12.4. The molecular weight excluding hydrogens is 432 g/mol. The molecule has 35 heavy (non-hydrogen) atoms. The Kier molecular flexibility index (Phi) is 4.73. The molecule has 4 aromatic rings. The van der Waals surface area contributed by atoms with Crippen LogP contribution in [0.2, 0.25) is 0 Å². The van der Waals surface area contributed by atoms with Crippen molar-refractivity contribution < 1.29 is 9.53 Å². The maximum absolute atomic E-state index is 13.3. The van der Waals surface area contributed by atoms with E-state index < -0.39 is 0 Å². The van der Waals surface area contributed by atoms with Gasteiger partial charge in [-0.25, -0.2) is 4.79 Å². The smallest absolute Gasteiger partial charge is 0.410 e. The summed E-state index contributed by atoms with van der Waals surface area (Å²) in [6.45, 7) is 0.373. The van der Waals surface area contributed by atoms with Crippen molar-refractivity contribution in [1.82, 2.24) is 9.88 Å². The molecule has 1 aliphatic carbocycles. The molecule has 4 nitrogen and oxygen atoms in total. The van der Waals surface area contributed by atoms with Crippen LogP contribution >= 0.6 is 0 Å². The van der Waals surface area contributed by atoms with E-state index in [1.54, 1.807) is 0 Å². The van der Waals surface area contributed by atoms with Gasteiger partial charge in [-0.1, -0.05) is 66.7 Å². The van der Waals surface area contributed by atoms with Gasteiger partial charge in [-0.2, -0.15) is 0 Å². The third kappa shape index (κ3) is 3.35. The number of benzene rings is 3. The van der Waals surface area contributed by atoms with Gasteiger partial charge in [-0.15, -0.1) is 0 Å². The summed E-state index contributed by atoms with van der Waals surface area (Å²) >= 11 is 0. The van der Waals surface area contributed by atoms with Crippen LogP contribution in [0.25, 0.3) is 27.5 Å². The van der Waals surface area contributed by atoms with Crippen LogP contribution in [0, 0.1) is 0 Å². The number of carbonyl (C=O) groups is 1. The van der Waals surface area contributed by atoms with Crippen molar-refractivity contribution in [3.8, 4) is 11.1 Å². The normalized spacial score (nSPS) is 20.5. The summed E-state index contributed by atoms with van der Waals surface area (Å²) in [4.78, 5) is 19.5. The second-order valence-electron chi connectivity index (χ2n) is 9.84. The average Bonchev–Trinajstić information content (AvgIpc) is 3.37. The zero-order valence-corrected chi connectivity index (χ0v) is 19.4. The zero-order valence-electron chi connectivity index (χ0n) is 19.4. The molecule has 1 saturated heterocycles. The molecule has 1 aromatic heterocycles. The first kappa shape index (κ1) is 20.5. The number of fused-ring (bicyclic) bond motifs is 6. The minimum absolute atomic E-state index is 0.0898. The minimum Gasteiger partial charge on any atom is -0.448 e. The zero-order chi connectivity index (χ0) is 23.4. The van der Waals surface area contributed by atoms with Gasteiger partial charge in [0.25, 0.3) is 0 Å². The Morgan fingerprint density at radius 2 is 1.69 bits per heavy atom. The largest absolute Gasteiger partial charge is 0.448 e. The van der Waals surface area contributed by atoms with E-state index in [1.165, 1.54) is 38.8 Å². The molecule has 0 N–H and O–H groups in total. The van der Waals surface area contributed by atoms with Crippen LogP contribution in [0.3, 0.4) is 0 Å². The van der Waals surface area contributed by atoms with Gasteiger partial charge in [0.1, 0.15) is 6.61 Å². The third-order valence-electron chi connectivity index (χ3n) is 7.95. The van der Waals surface area contributed by atoms with E-state index in [2.05, 4.69) is 83.9 Å². The van der Waals surface area contributed by atoms with E-state index in [0.717, 1.165) is 24.6 Å². The second kappa shape index (κ2) is 8.09. The molecule has 2 bridgehead atoms. The minimum atomic E-state index is -0.181. The predicted molar refractivity (Wildman–Crippen MR) is 138 cm³/mol. The van der Waals surface area contributed by atoms with Crippen LogP contribution in [0.1, 0.15) is 41.9 Å². The number of carbonyl (C=O) groups excluding carboxylic acids is 1. The van der Waals surface area contributed by atoms with Crippen molar-refractivity contribution in [3.63, 3.8) is 0 Å². The number of hydrogen-bond acceptors (Lipinski definition) is 3. The first-order valence-corrected chi connectivity index (χ1v) is 12.4. The Hall–Kier alpha value is -3.92. The van der Waals surface area contributed by atoms with Crippen LogP contribution in [0.4, 0.5) is 4.79 Å². The summed E-state index contributed by atoms with van der Waals surface area (Å²) in [5.41, 5.74) is 7.57. The molecule has 172 valence electrons. The highest BCUT2D eigenvalue weighted by atomic mass is 16.6. The Morgan fingerprint density at radius 1 is 0.914 bits per heavy atom. The van der Waals surface area contributed by atoms with Crippen LogP contribution in [0.15, 0.2) is 91.3 Å². The van der Waals surface area contributed by atoms with Gasteiger partial charge in [0, 0.05) is 29.7 Å². The van der Waals surface area contributed by atoms with Gasteiger partial charge in [0.2, 0.25) is 0 Å². The summed E-state index contributed by atoms with van der Waals surface area (Å²) in [5, 5.41) is 2.35. The van der Waals surface area contributed by atoms with Gasteiger partial charge < -0.3 is 4.74 Å². The summed E-state index contributed by atoms with van der Waals surface area (Å²) in [6.07, 6.45) is 8.73. The van der Waals surface area contributed by atoms with Crippen molar-refractivity contribution in [2.24, 2.45) is 0 Å². The second-order valence-corrected chi connectivity index (χ2v) is 9.84. The van der Waals surface area contributed by atoms with Crippen molar-refractivity contribution >= 4 is 22.4 Å². The number of rotatable bonds is 3. The van der Waals surface area contributed by atoms with E-state index in [1.807, 2.05) is 17.3 Å². The number of nitrogens with zero attached hydrogens (tertiary/aromatic N) is 2. The molecule has 2 unspecified atom stereocenters. The van der Waals surface area contributed by atoms with Crippen molar-refractivity contribution in [3.05, 3.63) is 108 Å². The molecule has 0 spiro atoms. The Bertz CT molecular complexity index is 1440. The van der Waals surface area contributed by atoms with Gasteiger partial charge in [0.05, 0.1) is 6.04 Å². The monoisotopic (exact) mass is 458 g/mol. The van der Waals surface area contributed by atoms with Gasteiger partial charge in [-0.3, -0.25) is 9.88 Å². The molecule has 7 rings (SSSR count). The van der Waals surface area contributed by atoms with Gasteiger partial charge in [-0.05, 0) is 70.2 Å². The number of hydrogen-bond donors (Lipinski definition) is 0. The lowest BCUT2D eigenvalue weighted by atomic mass is 9.93. The number of ether oxygens (including phenoxy) is 1. The molecule has 0 radical (unpaired) electrons. The summed E-state index contributed by atoms with van der Waals surface area (Å²) in [6, 6.07) is 25.9. The van der Waals surface area contributed by atoms with Crippen molar-refractivity contribution in [2.45, 2.75) is 37.3 Å². The molecule has 0 saturated carbocycles. The molecule has 3 aliphatic rings. The van der Waals surface area contributed by atoms with Crippen LogP contribution in [-0.2, 0) is 4.74 Å². The lowest BCUT2D eigenvalue weighted by Gasteiger charge is -2.33. The topological polar surface area (TPSA) is 42.4 Å². The van der Waals surface area contributed by atoms with Crippen LogP contribution in [0.5, 0.6) is 0 Å². The molecule has 3 aromatic carbocycles. The first-order chi connectivity index (χ1) is 17.3. The van der Waals surface area contributed by atoms with Crippen LogP contribution in [-0.4, -0.2) is 34.7 Å². The highest BCUT2D eigenvalue weighted by Crippen LogP contribution is 2.45. The van der Waals surface area contributed by atoms with Gasteiger partial charge >= 0.3 is 6.09 Å². The highest BCUT2D eigenvalue weighted by Gasteiger charge is 2.41.